The molecule has 1 saturated heterocycles. The number of amides is 1. The molecule has 1 heterocycles. The van der Waals surface area contributed by atoms with Gasteiger partial charge in [0.15, 0.2) is 0 Å². The molecule has 0 aromatic heterocycles. The van der Waals surface area contributed by atoms with Gasteiger partial charge in [-0.15, -0.1) is 0 Å². The second kappa shape index (κ2) is 6.48. The average molecular weight is 320 g/mol. The summed E-state index contributed by atoms with van der Waals surface area (Å²) in [5.41, 5.74) is 1.28. The Morgan fingerprint density at radius 3 is 2.65 bits per heavy atom. The quantitative estimate of drug-likeness (QED) is 0.894. The van der Waals surface area contributed by atoms with Crippen LogP contribution in [0.5, 0.6) is 0 Å². The first kappa shape index (κ1) is 17.1. The van der Waals surface area contributed by atoms with Crippen molar-refractivity contribution in [3.8, 4) is 0 Å². The molecule has 6 heteroatoms. The van der Waals surface area contributed by atoms with Crippen molar-refractivity contribution < 1.29 is 19.4 Å². The zero-order valence-electron chi connectivity index (χ0n) is 14.0. The van der Waals surface area contributed by atoms with E-state index in [4.69, 9.17) is 4.74 Å². The minimum atomic E-state index is -0.937. The van der Waals surface area contributed by atoms with E-state index in [9.17, 15) is 14.7 Å². The van der Waals surface area contributed by atoms with Crippen molar-refractivity contribution in [3.05, 3.63) is 29.3 Å². The summed E-state index contributed by atoms with van der Waals surface area (Å²) in [6.45, 7) is 8.49. The van der Waals surface area contributed by atoms with Crippen molar-refractivity contribution >= 4 is 17.7 Å². The number of hydrogen-bond donors (Lipinski definition) is 2. The van der Waals surface area contributed by atoms with Gasteiger partial charge in [-0.05, 0) is 51.8 Å². The van der Waals surface area contributed by atoms with Gasteiger partial charge in [0.25, 0.3) is 0 Å². The van der Waals surface area contributed by atoms with E-state index in [0.29, 0.717) is 18.7 Å². The highest BCUT2D eigenvalue weighted by molar-refractivity contribution is 5.91. The number of benzene rings is 1. The number of carboxylic acids is 1. The lowest BCUT2D eigenvalue weighted by Crippen LogP contribution is -2.36. The number of nitrogens with one attached hydrogen (secondary N) is 1. The summed E-state index contributed by atoms with van der Waals surface area (Å²) in [4.78, 5) is 24.9. The Hall–Kier alpha value is -2.24. The van der Waals surface area contributed by atoms with E-state index in [0.717, 1.165) is 12.1 Å². The fourth-order valence-electron chi connectivity index (χ4n) is 2.61. The number of rotatable bonds is 3. The van der Waals surface area contributed by atoms with Crippen molar-refractivity contribution in [1.82, 2.24) is 4.90 Å². The molecule has 1 atom stereocenters. The molecule has 0 aliphatic carbocycles. The smallest absolute Gasteiger partial charge is 0.410 e. The van der Waals surface area contributed by atoms with Gasteiger partial charge in [0.05, 0.1) is 5.56 Å². The SMILES string of the molecule is Cc1c(NC2CCN(C(=O)OC(C)(C)C)C2)cccc1C(=O)O. The molecule has 2 rings (SSSR count). The van der Waals surface area contributed by atoms with Crippen LogP contribution in [0.1, 0.15) is 43.1 Å². The summed E-state index contributed by atoms with van der Waals surface area (Å²) in [7, 11) is 0. The Kier molecular flexibility index (Phi) is 4.82. The Morgan fingerprint density at radius 1 is 1.35 bits per heavy atom. The molecule has 2 N–H and O–H groups in total. The maximum absolute atomic E-state index is 12.1. The van der Waals surface area contributed by atoms with E-state index in [2.05, 4.69) is 5.32 Å². The van der Waals surface area contributed by atoms with Gasteiger partial charge in [-0.1, -0.05) is 6.07 Å². The Morgan fingerprint density at radius 2 is 2.04 bits per heavy atom. The molecule has 0 saturated carbocycles. The number of anilines is 1. The van der Waals surface area contributed by atoms with Gasteiger partial charge < -0.3 is 20.1 Å². The second-order valence-electron chi connectivity index (χ2n) is 6.84. The third-order valence-electron chi connectivity index (χ3n) is 3.76. The number of aromatic carboxylic acids is 1. The highest BCUT2D eigenvalue weighted by Crippen LogP contribution is 2.23. The molecule has 1 aromatic carbocycles. The number of hydrogen-bond acceptors (Lipinski definition) is 4. The zero-order chi connectivity index (χ0) is 17.2. The molecule has 0 radical (unpaired) electrons. The highest BCUT2D eigenvalue weighted by atomic mass is 16.6. The van der Waals surface area contributed by atoms with Crippen molar-refractivity contribution in [3.63, 3.8) is 0 Å². The van der Waals surface area contributed by atoms with E-state index in [1.807, 2.05) is 26.8 Å². The van der Waals surface area contributed by atoms with E-state index in [1.54, 1.807) is 24.0 Å². The number of carbonyl (C=O) groups excluding carboxylic acids is 1. The monoisotopic (exact) mass is 320 g/mol. The lowest BCUT2D eigenvalue weighted by Gasteiger charge is -2.24. The van der Waals surface area contributed by atoms with Crippen molar-refractivity contribution in [2.24, 2.45) is 0 Å². The number of ether oxygens (including phenoxy) is 1. The maximum atomic E-state index is 12.1. The number of nitrogens with zero attached hydrogens (tertiary/aromatic N) is 1. The highest BCUT2D eigenvalue weighted by Gasteiger charge is 2.30. The summed E-state index contributed by atoms with van der Waals surface area (Å²) in [6.07, 6.45) is 0.494. The first-order valence-electron chi connectivity index (χ1n) is 7.75. The lowest BCUT2D eigenvalue weighted by molar-refractivity contribution is 0.0293. The summed E-state index contributed by atoms with van der Waals surface area (Å²) in [5.74, 6) is -0.937. The normalized spacial score (nSPS) is 17.9. The molecular formula is C17H24N2O4. The topological polar surface area (TPSA) is 78.9 Å². The van der Waals surface area contributed by atoms with Gasteiger partial charge in [0.2, 0.25) is 0 Å². The molecule has 126 valence electrons. The third-order valence-corrected chi connectivity index (χ3v) is 3.76. The number of carboxylic acid groups (broad SMARTS) is 1. The van der Waals surface area contributed by atoms with Crippen molar-refractivity contribution in [2.45, 2.75) is 45.8 Å². The standard InChI is InChI=1S/C17H24N2O4/c1-11-13(15(20)21)6-5-7-14(11)18-12-8-9-19(10-12)16(22)23-17(2,3)4/h5-7,12,18H,8-10H2,1-4H3,(H,20,21). The van der Waals surface area contributed by atoms with Crippen LogP contribution in [0.15, 0.2) is 18.2 Å². The zero-order valence-corrected chi connectivity index (χ0v) is 14.0. The molecule has 1 aromatic rings. The fraction of sp³-hybridized carbons (Fsp3) is 0.529. The fourth-order valence-corrected chi connectivity index (χ4v) is 2.61. The first-order chi connectivity index (χ1) is 10.7. The average Bonchev–Trinajstić information content (AvgIpc) is 2.87. The predicted molar refractivity (Wildman–Crippen MR) is 88.0 cm³/mol. The van der Waals surface area contributed by atoms with Crippen LogP contribution in [0.4, 0.5) is 10.5 Å². The minimum absolute atomic E-state index is 0.0882. The van der Waals surface area contributed by atoms with Crippen LogP contribution in [-0.2, 0) is 4.74 Å². The largest absolute Gasteiger partial charge is 0.478 e. The molecule has 6 nitrogen and oxygen atoms in total. The van der Waals surface area contributed by atoms with Crippen LogP contribution in [0.3, 0.4) is 0 Å². The van der Waals surface area contributed by atoms with Gasteiger partial charge >= 0.3 is 12.1 Å². The molecule has 1 fully saturated rings. The minimum Gasteiger partial charge on any atom is -0.478 e. The van der Waals surface area contributed by atoms with E-state index in [-0.39, 0.29) is 17.7 Å². The van der Waals surface area contributed by atoms with Gasteiger partial charge in [0, 0.05) is 24.8 Å². The van der Waals surface area contributed by atoms with Crippen LogP contribution in [0.2, 0.25) is 0 Å². The second-order valence-corrected chi connectivity index (χ2v) is 6.84. The molecule has 0 spiro atoms. The summed E-state index contributed by atoms with van der Waals surface area (Å²) < 4.78 is 5.38. The summed E-state index contributed by atoms with van der Waals surface area (Å²) >= 11 is 0. The summed E-state index contributed by atoms with van der Waals surface area (Å²) in [5, 5.41) is 12.5. The predicted octanol–water partition coefficient (Wildman–Crippen LogP) is 3.11. The van der Waals surface area contributed by atoms with Crippen LogP contribution < -0.4 is 5.32 Å². The summed E-state index contributed by atoms with van der Waals surface area (Å²) in [6, 6.07) is 5.26. The molecular weight excluding hydrogens is 296 g/mol. The number of likely N-dealkylation sites (tertiary alicyclic amines) is 1. The van der Waals surface area contributed by atoms with Gasteiger partial charge in [-0.25, -0.2) is 9.59 Å². The Balaban J connectivity index is 2.00. The third kappa shape index (κ3) is 4.37. The Labute approximate surface area is 136 Å². The van der Waals surface area contributed by atoms with E-state index < -0.39 is 11.6 Å². The van der Waals surface area contributed by atoms with Gasteiger partial charge in [-0.2, -0.15) is 0 Å². The van der Waals surface area contributed by atoms with Crippen molar-refractivity contribution in [2.75, 3.05) is 18.4 Å². The van der Waals surface area contributed by atoms with Crippen LogP contribution in [0.25, 0.3) is 0 Å². The molecule has 0 bridgehead atoms. The first-order valence-corrected chi connectivity index (χ1v) is 7.75. The molecule has 1 aliphatic rings. The van der Waals surface area contributed by atoms with Crippen LogP contribution in [0, 0.1) is 6.92 Å². The Bertz CT molecular complexity index is 607. The van der Waals surface area contributed by atoms with Crippen LogP contribution in [-0.4, -0.2) is 46.8 Å². The molecule has 1 amide bonds. The van der Waals surface area contributed by atoms with Crippen molar-refractivity contribution in [1.29, 1.82) is 0 Å². The van der Waals surface area contributed by atoms with Gasteiger partial charge in [0.1, 0.15) is 5.60 Å². The molecule has 23 heavy (non-hydrogen) atoms. The lowest BCUT2D eigenvalue weighted by atomic mass is 10.1. The molecule has 1 aliphatic heterocycles. The maximum Gasteiger partial charge on any atom is 0.410 e. The van der Waals surface area contributed by atoms with Crippen LogP contribution >= 0.6 is 0 Å². The molecule has 1 unspecified atom stereocenters. The number of carbonyl (C=O) groups is 2. The van der Waals surface area contributed by atoms with E-state index in [1.165, 1.54) is 0 Å². The van der Waals surface area contributed by atoms with Gasteiger partial charge in [-0.3, -0.25) is 0 Å². The van der Waals surface area contributed by atoms with E-state index >= 15 is 0 Å².